The van der Waals surface area contributed by atoms with Crippen molar-refractivity contribution < 1.29 is 18.9 Å². The number of rotatable bonds is 12. The Morgan fingerprint density at radius 1 is 1.05 bits per heavy atom. The summed E-state index contributed by atoms with van der Waals surface area (Å²) in [6, 6.07) is 10.2. The third-order valence-electron chi connectivity index (χ3n) is 3.16. The molecular weight excluding hydrogens is 270 g/mol. The lowest BCUT2D eigenvalue weighted by Gasteiger charge is -2.19. The van der Waals surface area contributed by atoms with Crippen molar-refractivity contribution in [2.24, 2.45) is 0 Å². The molecule has 1 N–H and O–H groups in total. The van der Waals surface area contributed by atoms with Crippen LogP contribution in [0, 0.1) is 0 Å². The molecule has 0 aliphatic heterocycles. The summed E-state index contributed by atoms with van der Waals surface area (Å²) >= 11 is 0. The van der Waals surface area contributed by atoms with Gasteiger partial charge >= 0.3 is 0 Å². The topological polar surface area (TPSA) is 49.0 Å². The second-order valence-corrected chi connectivity index (χ2v) is 4.77. The lowest BCUT2D eigenvalue weighted by Crippen LogP contribution is -2.32. The molecular formula is C16H27NO4. The largest absolute Gasteiger partial charge is 0.382 e. The molecule has 5 heteroatoms. The van der Waals surface area contributed by atoms with E-state index in [1.54, 1.807) is 21.3 Å². The highest BCUT2D eigenvalue weighted by atomic mass is 16.7. The van der Waals surface area contributed by atoms with Crippen molar-refractivity contribution in [3.05, 3.63) is 35.9 Å². The van der Waals surface area contributed by atoms with Gasteiger partial charge in [-0.05, 0) is 18.5 Å². The summed E-state index contributed by atoms with van der Waals surface area (Å²) in [7, 11) is 4.96. The highest BCUT2D eigenvalue weighted by molar-refractivity contribution is 5.13. The van der Waals surface area contributed by atoms with Crippen LogP contribution in [0.25, 0.3) is 0 Å². The third-order valence-corrected chi connectivity index (χ3v) is 3.16. The molecule has 1 atom stereocenters. The molecule has 0 aliphatic carbocycles. The Morgan fingerprint density at radius 3 is 2.38 bits per heavy atom. The molecule has 0 bridgehead atoms. The average Bonchev–Trinajstić information content (AvgIpc) is 2.53. The van der Waals surface area contributed by atoms with Gasteiger partial charge in [0.1, 0.15) is 0 Å². The van der Waals surface area contributed by atoms with E-state index in [1.807, 2.05) is 18.2 Å². The predicted molar refractivity (Wildman–Crippen MR) is 82.2 cm³/mol. The van der Waals surface area contributed by atoms with Crippen molar-refractivity contribution in [3.8, 4) is 0 Å². The van der Waals surface area contributed by atoms with Crippen molar-refractivity contribution >= 4 is 0 Å². The molecule has 1 rings (SSSR count). The van der Waals surface area contributed by atoms with Crippen molar-refractivity contribution in [2.75, 3.05) is 41.0 Å². The van der Waals surface area contributed by atoms with Gasteiger partial charge in [0.05, 0.1) is 19.3 Å². The number of hydrogen-bond acceptors (Lipinski definition) is 5. The van der Waals surface area contributed by atoms with E-state index in [4.69, 9.17) is 18.9 Å². The smallest absolute Gasteiger partial charge is 0.169 e. The minimum atomic E-state index is -0.212. The molecule has 1 aromatic carbocycles. The highest BCUT2D eigenvalue weighted by Crippen LogP contribution is 2.06. The van der Waals surface area contributed by atoms with Crippen LogP contribution in [0.5, 0.6) is 0 Å². The van der Waals surface area contributed by atoms with Gasteiger partial charge < -0.3 is 24.3 Å². The second kappa shape index (κ2) is 11.7. The molecule has 0 heterocycles. The van der Waals surface area contributed by atoms with Gasteiger partial charge in [0, 0.05) is 27.9 Å². The van der Waals surface area contributed by atoms with Crippen LogP contribution in [-0.2, 0) is 25.6 Å². The van der Waals surface area contributed by atoms with Gasteiger partial charge in [-0.1, -0.05) is 30.3 Å². The molecule has 1 aromatic rings. The first kappa shape index (κ1) is 18.1. The quantitative estimate of drug-likeness (QED) is 0.471. The summed E-state index contributed by atoms with van der Waals surface area (Å²) in [6.07, 6.45) is 0.739. The van der Waals surface area contributed by atoms with E-state index in [1.165, 1.54) is 5.56 Å². The Hall–Kier alpha value is -0.980. The SMILES string of the molecule is COC[C@H](CCNCC(OC)OC)OCc1ccccc1. The Bertz CT molecular complexity index is 343. The molecule has 0 unspecified atom stereocenters. The molecule has 0 aromatic heterocycles. The summed E-state index contributed by atoms with van der Waals surface area (Å²) in [5.41, 5.74) is 1.17. The molecule has 0 fully saturated rings. The van der Waals surface area contributed by atoms with E-state index in [-0.39, 0.29) is 12.4 Å². The number of ether oxygens (including phenoxy) is 4. The standard InChI is InChI=1S/C16H27NO4/c1-18-13-15(9-10-17-11-16(19-2)20-3)21-12-14-7-5-4-6-8-14/h4-8,15-17H,9-13H2,1-3H3/t15-/m0/s1. The molecule has 0 saturated heterocycles. The normalized spacial score (nSPS) is 12.8. The summed E-state index contributed by atoms with van der Waals surface area (Å²) in [4.78, 5) is 0. The van der Waals surface area contributed by atoms with E-state index < -0.39 is 0 Å². The average molecular weight is 297 g/mol. The van der Waals surface area contributed by atoms with Gasteiger partial charge in [-0.15, -0.1) is 0 Å². The summed E-state index contributed by atoms with van der Waals surface area (Å²) in [6.45, 7) is 2.68. The van der Waals surface area contributed by atoms with Crippen LogP contribution >= 0.6 is 0 Å². The van der Waals surface area contributed by atoms with Crippen molar-refractivity contribution in [1.29, 1.82) is 0 Å². The maximum absolute atomic E-state index is 5.90. The predicted octanol–water partition coefficient (Wildman–Crippen LogP) is 1.82. The van der Waals surface area contributed by atoms with Crippen LogP contribution < -0.4 is 5.32 Å². The van der Waals surface area contributed by atoms with Crippen molar-refractivity contribution in [3.63, 3.8) is 0 Å². The van der Waals surface area contributed by atoms with E-state index in [2.05, 4.69) is 17.4 Å². The fourth-order valence-corrected chi connectivity index (χ4v) is 1.93. The van der Waals surface area contributed by atoms with Crippen LogP contribution in [0.4, 0.5) is 0 Å². The van der Waals surface area contributed by atoms with Crippen molar-refractivity contribution in [2.45, 2.75) is 25.4 Å². The molecule has 0 aliphatic rings. The Morgan fingerprint density at radius 2 is 1.76 bits per heavy atom. The van der Waals surface area contributed by atoms with Gasteiger partial charge in [-0.2, -0.15) is 0 Å². The Labute approximate surface area is 127 Å². The minimum absolute atomic E-state index is 0.0752. The Balaban J connectivity index is 2.23. The third kappa shape index (κ3) is 8.14. The highest BCUT2D eigenvalue weighted by Gasteiger charge is 2.10. The summed E-state index contributed by atoms with van der Waals surface area (Å²) in [5.74, 6) is 0. The van der Waals surface area contributed by atoms with Gasteiger partial charge in [0.2, 0.25) is 0 Å². The molecule has 5 nitrogen and oxygen atoms in total. The zero-order valence-corrected chi connectivity index (χ0v) is 13.2. The molecule has 0 saturated carbocycles. The fourth-order valence-electron chi connectivity index (χ4n) is 1.93. The maximum Gasteiger partial charge on any atom is 0.169 e. The monoisotopic (exact) mass is 297 g/mol. The fraction of sp³-hybridized carbons (Fsp3) is 0.625. The molecule has 21 heavy (non-hydrogen) atoms. The maximum atomic E-state index is 5.90. The number of methoxy groups -OCH3 is 3. The van der Waals surface area contributed by atoms with Gasteiger partial charge in [0.25, 0.3) is 0 Å². The molecule has 120 valence electrons. The first-order valence-electron chi connectivity index (χ1n) is 7.21. The van der Waals surface area contributed by atoms with Crippen LogP contribution in [-0.4, -0.2) is 53.4 Å². The van der Waals surface area contributed by atoms with Crippen LogP contribution in [0.15, 0.2) is 30.3 Å². The van der Waals surface area contributed by atoms with E-state index in [0.29, 0.717) is 19.8 Å². The molecule has 0 amide bonds. The van der Waals surface area contributed by atoms with Gasteiger partial charge in [-0.25, -0.2) is 0 Å². The van der Waals surface area contributed by atoms with E-state index in [0.717, 1.165) is 13.0 Å². The van der Waals surface area contributed by atoms with Crippen LogP contribution in [0.1, 0.15) is 12.0 Å². The first-order chi connectivity index (χ1) is 10.3. The lowest BCUT2D eigenvalue weighted by molar-refractivity contribution is -0.0991. The molecule has 0 radical (unpaired) electrons. The van der Waals surface area contributed by atoms with Crippen LogP contribution in [0.2, 0.25) is 0 Å². The molecule has 0 spiro atoms. The number of benzene rings is 1. The van der Waals surface area contributed by atoms with E-state index in [9.17, 15) is 0 Å². The Kier molecular flexibility index (Phi) is 10.0. The van der Waals surface area contributed by atoms with Gasteiger partial charge in [0.15, 0.2) is 6.29 Å². The minimum Gasteiger partial charge on any atom is -0.382 e. The zero-order valence-electron chi connectivity index (χ0n) is 13.2. The van der Waals surface area contributed by atoms with Crippen LogP contribution in [0.3, 0.4) is 0 Å². The van der Waals surface area contributed by atoms with E-state index >= 15 is 0 Å². The van der Waals surface area contributed by atoms with Gasteiger partial charge in [-0.3, -0.25) is 0 Å². The second-order valence-electron chi connectivity index (χ2n) is 4.77. The zero-order chi connectivity index (χ0) is 15.3. The lowest BCUT2D eigenvalue weighted by atomic mass is 10.2. The number of nitrogens with one attached hydrogen (secondary N) is 1. The number of hydrogen-bond donors (Lipinski definition) is 1. The first-order valence-corrected chi connectivity index (χ1v) is 7.21. The van der Waals surface area contributed by atoms with Crippen molar-refractivity contribution in [1.82, 2.24) is 5.32 Å². The summed E-state index contributed by atoms with van der Waals surface area (Å²) in [5, 5.41) is 3.29. The summed E-state index contributed by atoms with van der Waals surface area (Å²) < 4.78 is 21.3.